The Labute approximate surface area is 156 Å². The maximum Gasteiger partial charge on any atom is 0.494 e. The molecule has 0 bridgehead atoms. The van der Waals surface area contributed by atoms with E-state index >= 15 is 0 Å². The molecular weight excluding hydrogens is 326 g/mol. The lowest BCUT2D eigenvalue weighted by atomic mass is 9.77. The van der Waals surface area contributed by atoms with Gasteiger partial charge in [0.25, 0.3) is 0 Å². The van der Waals surface area contributed by atoms with Gasteiger partial charge in [-0.3, -0.25) is 0 Å². The molecule has 2 fully saturated rings. The van der Waals surface area contributed by atoms with Crippen LogP contribution in [0.15, 0.2) is 48.5 Å². The monoisotopic (exact) mass is 350 g/mol. The maximum atomic E-state index is 5.92. The summed E-state index contributed by atoms with van der Waals surface area (Å²) in [5, 5.41) is 0. The molecule has 2 aliphatic rings. The third-order valence-corrected chi connectivity index (χ3v) is 4.72. The van der Waals surface area contributed by atoms with Gasteiger partial charge in [-0.05, 0) is 49.7 Å². The minimum absolute atomic E-state index is 0.224. The standard InChI is InChI=1S/C20H24B2O4/c1-19(2)13-23-21(25-19)17-9-5-15(6-10-17)16-7-11-18(12-8-16)22-24-14-20(3,4)26-22/h5-12H,13-14H2,1-4H3. The second-order valence-corrected chi connectivity index (χ2v) is 8.28. The maximum absolute atomic E-state index is 5.92. The van der Waals surface area contributed by atoms with E-state index in [0.29, 0.717) is 13.2 Å². The van der Waals surface area contributed by atoms with E-state index in [9.17, 15) is 0 Å². The molecule has 0 amide bonds. The van der Waals surface area contributed by atoms with Gasteiger partial charge >= 0.3 is 14.2 Å². The van der Waals surface area contributed by atoms with Gasteiger partial charge in [0, 0.05) is 0 Å². The van der Waals surface area contributed by atoms with Gasteiger partial charge in [0.15, 0.2) is 0 Å². The van der Waals surface area contributed by atoms with Crippen LogP contribution in [0.2, 0.25) is 0 Å². The van der Waals surface area contributed by atoms with Crippen LogP contribution >= 0.6 is 0 Å². The van der Waals surface area contributed by atoms with Gasteiger partial charge in [-0.25, -0.2) is 0 Å². The fourth-order valence-electron chi connectivity index (χ4n) is 3.26. The Morgan fingerprint density at radius 1 is 0.615 bits per heavy atom. The summed E-state index contributed by atoms with van der Waals surface area (Å²) in [6.07, 6.45) is 0. The molecule has 0 N–H and O–H groups in total. The first-order chi connectivity index (χ1) is 12.3. The first-order valence-electron chi connectivity index (χ1n) is 9.11. The van der Waals surface area contributed by atoms with Crippen molar-refractivity contribution < 1.29 is 18.6 Å². The van der Waals surface area contributed by atoms with E-state index in [0.717, 1.165) is 22.1 Å². The molecule has 2 heterocycles. The van der Waals surface area contributed by atoms with Gasteiger partial charge in [-0.1, -0.05) is 48.5 Å². The molecule has 0 unspecified atom stereocenters. The van der Waals surface area contributed by atoms with E-state index in [-0.39, 0.29) is 25.4 Å². The van der Waals surface area contributed by atoms with E-state index in [1.165, 1.54) is 0 Å². The van der Waals surface area contributed by atoms with Crippen molar-refractivity contribution in [2.24, 2.45) is 0 Å². The number of hydrogen-bond donors (Lipinski definition) is 0. The summed E-state index contributed by atoms with van der Waals surface area (Å²) in [5.74, 6) is 0. The van der Waals surface area contributed by atoms with Crippen LogP contribution in [0.3, 0.4) is 0 Å². The van der Waals surface area contributed by atoms with Crippen molar-refractivity contribution in [2.75, 3.05) is 13.2 Å². The molecule has 0 saturated carbocycles. The average molecular weight is 350 g/mol. The molecule has 0 aromatic heterocycles. The number of hydrogen-bond acceptors (Lipinski definition) is 4. The molecule has 4 nitrogen and oxygen atoms in total. The van der Waals surface area contributed by atoms with Gasteiger partial charge in [-0.15, -0.1) is 0 Å². The Bertz CT molecular complexity index is 704. The van der Waals surface area contributed by atoms with E-state index in [4.69, 9.17) is 18.6 Å². The lowest BCUT2D eigenvalue weighted by molar-refractivity contribution is 0.137. The summed E-state index contributed by atoms with van der Waals surface area (Å²) in [5.41, 5.74) is 3.96. The zero-order valence-corrected chi connectivity index (χ0v) is 15.8. The summed E-state index contributed by atoms with van der Waals surface area (Å²) in [4.78, 5) is 0. The molecule has 6 heteroatoms. The molecule has 0 radical (unpaired) electrons. The molecule has 0 aliphatic carbocycles. The molecule has 2 aromatic rings. The Morgan fingerprint density at radius 2 is 0.962 bits per heavy atom. The molecule has 4 rings (SSSR count). The van der Waals surface area contributed by atoms with Crippen molar-refractivity contribution in [2.45, 2.75) is 38.9 Å². The second kappa shape index (κ2) is 6.54. The first kappa shape index (κ1) is 17.8. The quantitative estimate of drug-likeness (QED) is 0.797. The van der Waals surface area contributed by atoms with Crippen molar-refractivity contribution in [1.82, 2.24) is 0 Å². The molecule has 26 heavy (non-hydrogen) atoms. The van der Waals surface area contributed by atoms with Crippen LogP contribution < -0.4 is 10.9 Å². The van der Waals surface area contributed by atoms with Crippen LogP contribution in [0.25, 0.3) is 11.1 Å². The van der Waals surface area contributed by atoms with E-state index in [1.54, 1.807) is 0 Å². The highest BCUT2D eigenvalue weighted by atomic mass is 16.7. The lowest BCUT2D eigenvalue weighted by Crippen LogP contribution is -2.34. The molecule has 2 aromatic carbocycles. The number of rotatable bonds is 3. The van der Waals surface area contributed by atoms with Crippen LogP contribution in [0.1, 0.15) is 27.7 Å². The SMILES string of the molecule is CC1(C)COB(c2ccc(-c3ccc(B4OCC(C)(C)O4)cc3)cc2)O1. The Balaban J connectivity index is 1.46. The fourth-order valence-corrected chi connectivity index (χ4v) is 3.26. The van der Waals surface area contributed by atoms with Gasteiger partial charge < -0.3 is 18.6 Å². The van der Waals surface area contributed by atoms with E-state index in [1.807, 2.05) is 27.7 Å². The lowest BCUT2D eigenvalue weighted by Gasteiger charge is -2.16. The van der Waals surface area contributed by atoms with Crippen molar-refractivity contribution in [3.63, 3.8) is 0 Å². The first-order valence-corrected chi connectivity index (χ1v) is 9.11. The van der Waals surface area contributed by atoms with Crippen LogP contribution in [0.5, 0.6) is 0 Å². The molecule has 0 atom stereocenters. The largest absolute Gasteiger partial charge is 0.494 e. The summed E-state index contributed by atoms with van der Waals surface area (Å²) in [7, 11) is -0.553. The molecular formula is C20H24B2O4. The predicted molar refractivity (Wildman–Crippen MR) is 105 cm³/mol. The molecule has 2 aliphatic heterocycles. The van der Waals surface area contributed by atoms with Crippen molar-refractivity contribution in [3.8, 4) is 11.1 Å². The van der Waals surface area contributed by atoms with E-state index in [2.05, 4.69) is 48.5 Å². The minimum Gasteiger partial charge on any atom is -0.404 e. The minimum atomic E-state index is -0.276. The van der Waals surface area contributed by atoms with Gasteiger partial charge in [-0.2, -0.15) is 0 Å². The highest BCUT2D eigenvalue weighted by molar-refractivity contribution is 6.62. The van der Waals surface area contributed by atoms with Gasteiger partial charge in [0.05, 0.1) is 24.4 Å². The zero-order chi connectivity index (χ0) is 18.4. The fraction of sp³-hybridized carbons (Fsp3) is 0.400. The second-order valence-electron chi connectivity index (χ2n) is 8.28. The summed E-state index contributed by atoms with van der Waals surface area (Å²) in [6, 6.07) is 16.7. The highest BCUT2D eigenvalue weighted by Crippen LogP contribution is 2.23. The predicted octanol–water partition coefficient (Wildman–Crippen LogP) is 2.39. The van der Waals surface area contributed by atoms with Crippen molar-refractivity contribution in [3.05, 3.63) is 48.5 Å². The van der Waals surface area contributed by atoms with Crippen LogP contribution in [0.4, 0.5) is 0 Å². The topological polar surface area (TPSA) is 36.9 Å². The summed E-state index contributed by atoms with van der Waals surface area (Å²) < 4.78 is 23.3. The van der Waals surface area contributed by atoms with Crippen LogP contribution in [-0.4, -0.2) is 38.7 Å². The van der Waals surface area contributed by atoms with E-state index < -0.39 is 0 Å². The Hall–Kier alpha value is -1.59. The van der Waals surface area contributed by atoms with Crippen molar-refractivity contribution in [1.29, 1.82) is 0 Å². The normalized spacial score (nSPS) is 21.4. The smallest absolute Gasteiger partial charge is 0.404 e. The average Bonchev–Trinajstić information content (AvgIpc) is 3.17. The zero-order valence-electron chi connectivity index (χ0n) is 15.8. The Morgan fingerprint density at radius 3 is 1.23 bits per heavy atom. The summed E-state index contributed by atoms with van der Waals surface area (Å²) in [6.45, 7) is 9.40. The molecule has 134 valence electrons. The van der Waals surface area contributed by atoms with Crippen LogP contribution in [0, 0.1) is 0 Å². The third-order valence-electron chi connectivity index (χ3n) is 4.72. The van der Waals surface area contributed by atoms with Crippen LogP contribution in [-0.2, 0) is 18.6 Å². The van der Waals surface area contributed by atoms with Gasteiger partial charge in [0.2, 0.25) is 0 Å². The highest BCUT2D eigenvalue weighted by Gasteiger charge is 2.39. The summed E-state index contributed by atoms with van der Waals surface area (Å²) >= 11 is 0. The van der Waals surface area contributed by atoms with Crippen molar-refractivity contribution >= 4 is 25.2 Å². The molecule has 2 saturated heterocycles. The molecule has 0 spiro atoms. The Kier molecular flexibility index (Phi) is 4.48. The number of benzene rings is 2. The van der Waals surface area contributed by atoms with Gasteiger partial charge in [0.1, 0.15) is 0 Å². The third kappa shape index (κ3) is 3.74.